The van der Waals surface area contributed by atoms with E-state index in [1.165, 1.54) is 11.1 Å². The minimum atomic E-state index is -0.245. The molecule has 3 aromatic heterocycles. The third-order valence-electron chi connectivity index (χ3n) is 6.96. The first-order valence-electron chi connectivity index (χ1n) is 11.8. The zero-order valence-electron chi connectivity index (χ0n) is 19.3. The van der Waals surface area contributed by atoms with Crippen LogP contribution in [-0.2, 0) is 6.42 Å². The number of aromatic amines is 2. The van der Waals surface area contributed by atoms with Crippen molar-refractivity contribution in [2.45, 2.75) is 31.7 Å². The Morgan fingerprint density at radius 3 is 2.97 bits per heavy atom. The number of aryl methyl sites for hydroxylation is 2. The van der Waals surface area contributed by atoms with Crippen molar-refractivity contribution in [3.63, 3.8) is 0 Å². The molecule has 4 N–H and O–H groups in total. The van der Waals surface area contributed by atoms with Gasteiger partial charge in [0.1, 0.15) is 11.4 Å². The lowest BCUT2D eigenvalue weighted by atomic mass is 9.93. The molecule has 0 fully saturated rings. The molecule has 1 aliphatic carbocycles. The normalized spacial score (nSPS) is 15.9. The number of hydrogen-bond acceptors (Lipinski definition) is 5. The highest BCUT2D eigenvalue weighted by molar-refractivity contribution is 5.86. The number of aliphatic hydroxyl groups excluding tert-OH is 1. The SMILES string of the molecule is Cc1cc(-n2ccnc2)cc2[nH]c(-c3c(N[C@H](CO)C4CCc5ccccc54)cc[nH]c3=O)nc12. The van der Waals surface area contributed by atoms with Crippen LogP contribution in [-0.4, -0.2) is 42.3 Å². The summed E-state index contributed by atoms with van der Waals surface area (Å²) in [5.74, 6) is 0.651. The molecule has 1 aliphatic rings. The van der Waals surface area contributed by atoms with Gasteiger partial charge in [0.25, 0.3) is 5.56 Å². The maximum Gasteiger partial charge on any atom is 0.261 e. The highest BCUT2D eigenvalue weighted by Gasteiger charge is 2.30. The van der Waals surface area contributed by atoms with E-state index in [0.717, 1.165) is 35.1 Å². The second-order valence-corrected chi connectivity index (χ2v) is 9.09. The number of aromatic nitrogens is 5. The second kappa shape index (κ2) is 8.56. The topological polar surface area (TPSA) is 112 Å². The van der Waals surface area contributed by atoms with E-state index in [1.54, 1.807) is 18.7 Å². The molecule has 8 nitrogen and oxygen atoms in total. The molecule has 35 heavy (non-hydrogen) atoms. The van der Waals surface area contributed by atoms with E-state index >= 15 is 0 Å². The van der Waals surface area contributed by atoms with Crippen LogP contribution >= 0.6 is 0 Å². The summed E-state index contributed by atoms with van der Waals surface area (Å²) in [5, 5.41) is 13.8. The molecule has 0 aliphatic heterocycles. The molecular formula is C27H26N6O2. The molecule has 1 unspecified atom stereocenters. The average Bonchev–Trinajstić information content (AvgIpc) is 3.62. The minimum Gasteiger partial charge on any atom is -0.394 e. The maximum absolute atomic E-state index is 13.0. The largest absolute Gasteiger partial charge is 0.394 e. The molecule has 5 aromatic rings. The van der Waals surface area contributed by atoms with Crippen LogP contribution in [0.2, 0.25) is 0 Å². The number of anilines is 1. The minimum absolute atomic E-state index is 0.0429. The van der Waals surface area contributed by atoms with Crippen LogP contribution in [0.1, 0.15) is 29.0 Å². The number of aliphatic hydroxyl groups is 1. The summed E-state index contributed by atoms with van der Waals surface area (Å²) in [7, 11) is 0. The monoisotopic (exact) mass is 466 g/mol. The number of nitrogens with zero attached hydrogens (tertiary/aromatic N) is 3. The molecule has 2 aromatic carbocycles. The molecule has 0 bridgehead atoms. The Labute approximate surface area is 201 Å². The lowest BCUT2D eigenvalue weighted by Crippen LogP contribution is -2.31. The Morgan fingerprint density at radius 1 is 1.26 bits per heavy atom. The van der Waals surface area contributed by atoms with Gasteiger partial charge >= 0.3 is 0 Å². The zero-order valence-corrected chi connectivity index (χ0v) is 19.3. The van der Waals surface area contributed by atoms with Gasteiger partial charge in [-0.15, -0.1) is 0 Å². The summed E-state index contributed by atoms with van der Waals surface area (Å²) in [6.45, 7) is 1.96. The van der Waals surface area contributed by atoms with Gasteiger partial charge in [-0.05, 0) is 54.7 Å². The van der Waals surface area contributed by atoms with Crippen LogP contribution in [0.15, 0.2) is 72.2 Å². The fraction of sp³-hybridized carbons (Fsp3) is 0.222. The van der Waals surface area contributed by atoms with Crippen LogP contribution in [0.5, 0.6) is 0 Å². The Bertz CT molecular complexity index is 1570. The third kappa shape index (κ3) is 3.72. The summed E-state index contributed by atoms with van der Waals surface area (Å²) in [5.41, 5.74) is 7.01. The molecular weight excluding hydrogens is 440 g/mol. The fourth-order valence-corrected chi connectivity index (χ4v) is 5.27. The molecule has 176 valence electrons. The number of fused-ring (bicyclic) bond motifs is 2. The number of hydrogen-bond donors (Lipinski definition) is 4. The first-order chi connectivity index (χ1) is 17.1. The summed E-state index contributed by atoms with van der Waals surface area (Å²) in [6.07, 6.45) is 8.94. The summed E-state index contributed by atoms with van der Waals surface area (Å²) in [6, 6.07) is 14.0. The van der Waals surface area contributed by atoms with Crippen molar-refractivity contribution < 1.29 is 5.11 Å². The van der Waals surface area contributed by atoms with Gasteiger partial charge in [0.2, 0.25) is 0 Å². The highest BCUT2D eigenvalue weighted by Crippen LogP contribution is 2.37. The first kappa shape index (κ1) is 21.4. The number of H-pyrrole nitrogens is 2. The van der Waals surface area contributed by atoms with Crippen LogP contribution in [0.3, 0.4) is 0 Å². The predicted octanol–water partition coefficient (Wildman–Crippen LogP) is 3.92. The van der Waals surface area contributed by atoms with Crippen molar-refractivity contribution >= 4 is 16.7 Å². The third-order valence-corrected chi connectivity index (χ3v) is 6.96. The average molecular weight is 467 g/mol. The van der Waals surface area contributed by atoms with Gasteiger partial charge in [-0.2, -0.15) is 0 Å². The molecule has 0 amide bonds. The number of imidazole rings is 2. The van der Waals surface area contributed by atoms with Gasteiger partial charge in [0.15, 0.2) is 0 Å². The molecule has 8 heteroatoms. The quantitative estimate of drug-likeness (QED) is 0.303. The van der Waals surface area contributed by atoms with E-state index in [-0.39, 0.29) is 24.1 Å². The van der Waals surface area contributed by atoms with Crippen molar-refractivity contribution in [3.05, 3.63) is 94.4 Å². The van der Waals surface area contributed by atoms with Crippen molar-refractivity contribution in [1.29, 1.82) is 0 Å². The van der Waals surface area contributed by atoms with Gasteiger partial charge in [-0.1, -0.05) is 24.3 Å². The Kier molecular flexibility index (Phi) is 5.22. The lowest BCUT2D eigenvalue weighted by molar-refractivity contribution is 0.258. The van der Waals surface area contributed by atoms with Crippen LogP contribution in [0, 0.1) is 6.92 Å². The van der Waals surface area contributed by atoms with Gasteiger partial charge < -0.3 is 25.0 Å². The summed E-state index contributed by atoms with van der Waals surface area (Å²) < 4.78 is 1.93. The maximum atomic E-state index is 13.0. The van der Waals surface area contributed by atoms with Crippen molar-refractivity contribution in [2.24, 2.45) is 0 Å². The molecule has 0 spiro atoms. The standard InChI is InChI=1S/C27H26N6O2/c1-16-12-18(33-11-10-28-15-33)13-22-25(16)32-26(31-22)24-21(8-9-29-27(24)35)30-23(14-34)20-7-6-17-4-2-3-5-19(17)20/h2-5,8-13,15,20,23,34H,6-7,14H2,1H3,(H,31,32)(H2,29,30,35)/t20?,23-/m1/s1. The lowest BCUT2D eigenvalue weighted by Gasteiger charge is -2.25. The Balaban J connectivity index is 1.40. The van der Waals surface area contributed by atoms with E-state index in [0.29, 0.717) is 17.1 Å². The Morgan fingerprint density at radius 2 is 2.14 bits per heavy atom. The number of nitrogens with one attached hydrogen (secondary N) is 3. The zero-order chi connectivity index (χ0) is 23.9. The van der Waals surface area contributed by atoms with E-state index in [1.807, 2.05) is 42.0 Å². The highest BCUT2D eigenvalue weighted by atomic mass is 16.3. The van der Waals surface area contributed by atoms with Crippen LogP contribution < -0.4 is 10.9 Å². The van der Waals surface area contributed by atoms with Crippen molar-refractivity contribution in [1.82, 2.24) is 24.5 Å². The van der Waals surface area contributed by atoms with Crippen molar-refractivity contribution in [2.75, 3.05) is 11.9 Å². The molecule has 0 saturated heterocycles. The molecule has 0 radical (unpaired) electrons. The second-order valence-electron chi connectivity index (χ2n) is 9.09. The van der Waals surface area contributed by atoms with E-state index < -0.39 is 0 Å². The van der Waals surface area contributed by atoms with Crippen LogP contribution in [0.4, 0.5) is 5.69 Å². The summed E-state index contributed by atoms with van der Waals surface area (Å²) >= 11 is 0. The Hall–Kier alpha value is -4.17. The number of benzene rings is 2. The van der Waals surface area contributed by atoms with Crippen molar-refractivity contribution in [3.8, 4) is 17.1 Å². The molecule has 2 atom stereocenters. The van der Waals surface area contributed by atoms with Gasteiger partial charge in [0.05, 0.1) is 35.7 Å². The van der Waals surface area contributed by atoms with Gasteiger partial charge in [0, 0.05) is 30.2 Å². The number of rotatable bonds is 6. The molecule has 6 rings (SSSR count). The fourth-order valence-electron chi connectivity index (χ4n) is 5.27. The van der Waals surface area contributed by atoms with E-state index in [2.05, 4.69) is 38.5 Å². The first-order valence-corrected chi connectivity index (χ1v) is 11.8. The smallest absolute Gasteiger partial charge is 0.261 e. The molecule has 3 heterocycles. The molecule has 0 saturated carbocycles. The van der Waals surface area contributed by atoms with Gasteiger partial charge in [-0.3, -0.25) is 4.79 Å². The van der Waals surface area contributed by atoms with Crippen LogP contribution in [0.25, 0.3) is 28.1 Å². The van der Waals surface area contributed by atoms with E-state index in [4.69, 9.17) is 4.98 Å². The summed E-state index contributed by atoms with van der Waals surface area (Å²) in [4.78, 5) is 28.1. The van der Waals surface area contributed by atoms with Gasteiger partial charge in [-0.25, -0.2) is 9.97 Å². The number of pyridine rings is 1. The predicted molar refractivity (Wildman–Crippen MR) is 136 cm³/mol. The van der Waals surface area contributed by atoms with E-state index in [9.17, 15) is 9.90 Å².